The molecule has 2 amide bonds. The van der Waals surface area contributed by atoms with Crippen LogP contribution in [0.4, 0.5) is 9.59 Å². The molecule has 0 spiro atoms. The molecule has 0 aromatic carbocycles. The fourth-order valence-electron chi connectivity index (χ4n) is 1.16. The van der Waals surface area contributed by atoms with Crippen LogP contribution >= 0.6 is 41.2 Å². The molecule has 4 nitrogen and oxygen atoms in total. The van der Waals surface area contributed by atoms with Crippen molar-refractivity contribution in [2.24, 2.45) is 0 Å². The lowest BCUT2D eigenvalue weighted by molar-refractivity contribution is 0.228. The molecule has 8 heteroatoms. The molecule has 0 N–H and O–H groups in total. The summed E-state index contributed by atoms with van der Waals surface area (Å²) in [4.78, 5) is 26.8. The van der Waals surface area contributed by atoms with Crippen LogP contribution in [0, 0.1) is 0 Å². The van der Waals surface area contributed by atoms with Crippen LogP contribution in [0.1, 0.15) is 27.7 Å². The van der Waals surface area contributed by atoms with Crippen molar-refractivity contribution >= 4 is 51.7 Å². The fourth-order valence-corrected chi connectivity index (χ4v) is 6.25. The molecule has 0 rings (SSSR count). The van der Waals surface area contributed by atoms with Crippen molar-refractivity contribution in [3.63, 3.8) is 0 Å². The quantitative estimate of drug-likeness (QED) is 0.503. The van der Waals surface area contributed by atoms with Gasteiger partial charge >= 0.3 is 0 Å². The molecule has 0 fully saturated rings. The standard InChI is InChI=1S/C10H20N2O2S4/c1-5-11(6-2)9(13)15-17-18-16-10(14)12(7-3)8-4/h5-8H2,1-4H3. The van der Waals surface area contributed by atoms with E-state index in [4.69, 9.17) is 0 Å². The highest BCUT2D eigenvalue weighted by molar-refractivity contribution is 9.28. The van der Waals surface area contributed by atoms with Gasteiger partial charge in [0.1, 0.15) is 0 Å². The van der Waals surface area contributed by atoms with E-state index in [1.54, 1.807) is 9.80 Å². The van der Waals surface area contributed by atoms with Gasteiger partial charge < -0.3 is 9.80 Å². The summed E-state index contributed by atoms with van der Waals surface area (Å²) in [5.41, 5.74) is 0. The first-order chi connectivity index (χ1) is 8.60. The van der Waals surface area contributed by atoms with Gasteiger partial charge in [-0.2, -0.15) is 0 Å². The molecule has 106 valence electrons. The number of carbonyl (C=O) groups excluding carboxylic acids is 2. The Labute approximate surface area is 125 Å². The molecule has 0 bridgehead atoms. The van der Waals surface area contributed by atoms with Crippen LogP contribution < -0.4 is 0 Å². The maximum absolute atomic E-state index is 11.6. The Morgan fingerprint density at radius 2 is 1.00 bits per heavy atom. The molecule has 0 atom stereocenters. The normalized spacial score (nSPS) is 10.2. The molecule has 0 heterocycles. The molecular weight excluding hydrogens is 308 g/mol. The molecule has 0 aliphatic rings. The van der Waals surface area contributed by atoms with E-state index in [1.807, 2.05) is 27.7 Å². The summed E-state index contributed by atoms with van der Waals surface area (Å²) in [7, 11) is 5.04. The van der Waals surface area contributed by atoms with Gasteiger partial charge in [0.2, 0.25) is 0 Å². The van der Waals surface area contributed by atoms with Crippen LogP contribution in [0.5, 0.6) is 0 Å². The molecule has 0 saturated carbocycles. The predicted molar refractivity (Wildman–Crippen MR) is 87.0 cm³/mol. The molecule has 0 aromatic rings. The van der Waals surface area contributed by atoms with Crippen molar-refractivity contribution in [3.8, 4) is 0 Å². The van der Waals surface area contributed by atoms with Crippen molar-refractivity contribution < 1.29 is 9.59 Å². The fraction of sp³-hybridized carbons (Fsp3) is 0.800. The summed E-state index contributed by atoms with van der Waals surface area (Å²) in [6.07, 6.45) is 0. The van der Waals surface area contributed by atoms with Gasteiger partial charge in [0, 0.05) is 47.8 Å². The first-order valence-corrected chi connectivity index (χ1v) is 10.7. The Kier molecular flexibility index (Phi) is 11.4. The topological polar surface area (TPSA) is 40.6 Å². The first-order valence-electron chi connectivity index (χ1n) is 5.86. The maximum atomic E-state index is 11.6. The Balaban J connectivity index is 3.79. The highest BCUT2D eigenvalue weighted by Crippen LogP contribution is 2.44. The Morgan fingerprint density at radius 1 is 0.722 bits per heavy atom. The minimum atomic E-state index is 0.0494. The molecule has 0 aliphatic heterocycles. The lowest BCUT2D eigenvalue weighted by Gasteiger charge is -2.18. The number of amides is 2. The Hall–Kier alpha value is 0.340. The van der Waals surface area contributed by atoms with Crippen molar-refractivity contribution in [2.45, 2.75) is 27.7 Å². The maximum Gasteiger partial charge on any atom is 0.293 e. The summed E-state index contributed by atoms with van der Waals surface area (Å²) in [6.45, 7) is 10.7. The van der Waals surface area contributed by atoms with Crippen LogP contribution in [0.15, 0.2) is 0 Å². The highest BCUT2D eigenvalue weighted by atomic mass is 33.7. The summed E-state index contributed by atoms with van der Waals surface area (Å²) < 4.78 is 0. The average Bonchev–Trinajstić information content (AvgIpc) is 2.37. The van der Waals surface area contributed by atoms with E-state index in [0.29, 0.717) is 0 Å². The molecule has 0 saturated heterocycles. The molecular formula is C10H20N2O2S4. The average molecular weight is 329 g/mol. The monoisotopic (exact) mass is 328 g/mol. The van der Waals surface area contributed by atoms with E-state index in [2.05, 4.69) is 0 Å². The summed E-state index contributed by atoms with van der Waals surface area (Å²) in [6, 6.07) is 0. The van der Waals surface area contributed by atoms with Gasteiger partial charge in [0.15, 0.2) is 0 Å². The van der Waals surface area contributed by atoms with E-state index in [-0.39, 0.29) is 10.5 Å². The van der Waals surface area contributed by atoms with Crippen molar-refractivity contribution in [1.82, 2.24) is 9.80 Å². The zero-order valence-corrected chi connectivity index (χ0v) is 14.4. The molecule has 18 heavy (non-hydrogen) atoms. The lowest BCUT2D eigenvalue weighted by atomic mass is 10.6. The second-order valence-electron chi connectivity index (χ2n) is 3.18. The van der Waals surface area contributed by atoms with E-state index in [1.165, 1.54) is 41.2 Å². The Morgan fingerprint density at radius 3 is 1.22 bits per heavy atom. The summed E-state index contributed by atoms with van der Waals surface area (Å²) in [5, 5.41) is 0.0989. The SMILES string of the molecule is CCN(CC)C(=O)SSSSC(=O)N(CC)CC. The summed E-state index contributed by atoms with van der Waals surface area (Å²) in [5.74, 6) is 0. The zero-order chi connectivity index (χ0) is 14.0. The van der Waals surface area contributed by atoms with Crippen LogP contribution in [0.2, 0.25) is 0 Å². The number of carbonyl (C=O) groups is 2. The van der Waals surface area contributed by atoms with Gasteiger partial charge in [-0.05, 0) is 47.3 Å². The number of nitrogens with zero attached hydrogens (tertiary/aromatic N) is 2. The van der Waals surface area contributed by atoms with Crippen LogP contribution in [-0.2, 0) is 0 Å². The van der Waals surface area contributed by atoms with E-state index < -0.39 is 0 Å². The lowest BCUT2D eigenvalue weighted by Crippen LogP contribution is -2.26. The van der Waals surface area contributed by atoms with Crippen molar-refractivity contribution in [1.29, 1.82) is 0 Å². The number of hydrogen-bond acceptors (Lipinski definition) is 6. The van der Waals surface area contributed by atoms with Crippen molar-refractivity contribution in [3.05, 3.63) is 0 Å². The van der Waals surface area contributed by atoms with Crippen LogP contribution in [-0.4, -0.2) is 46.5 Å². The van der Waals surface area contributed by atoms with E-state index in [0.717, 1.165) is 26.2 Å². The highest BCUT2D eigenvalue weighted by Gasteiger charge is 2.14. The van der Waals surface area contributed by atoms with Gasteiger partial charge in [-0.3, -0.25) is 9.59 Å². The Bertz CT molecular complexity index is 232. The van der Waals surface area contributed by atoms with Gasteiger partial charge in [0.05, 0.1) is 0 Å². The van der Waals surface area contributed by atoms with Crippen LogP contribution in [0.25, 0.3) is 0 Å². The second-order valence-corrected chi connectivity index (χ2v) is 8.75. The predicted octanol–water partition coefficient (Wildman–Crippen LogP) is 4.59. The molecule has 0 radical (unpaired) electrons. The third-order valence-corrected chi connectivity index (χ3v) is 7.93. The van der Waals surface area contributed by atoms with Gasteiger partial charge in [0.25, 0.3) is 10.5 Å². The molecule has 0 unspecified atom stereocenters. The van der Waals surface area contributed by atoms with Gasteiger partial charge in [-0.25, -0.2) is 0 Å². The largest absolute Gasteiger partial charge is 0.333 e. The van der Waals surface area contributed by atoms with Gasteiger partial charge in [-0.1, -0.05) is 0 Å². The minimum Gasteiger partial charge on any atom is -0.333 e. The smallest absolute Gasteiger partial charge is 0.293 e. The zero-order valence-electron chi connectivity index (χ0n) is 11.2. The van der Waals surface area contributed by atoms with Crippen LogP contribution in [0.3, 0.4) is 0 Å². The number of rotatable bonds is 7. The number of hydrogen-bond donors (Lipinski definition) is 0. The first kappa shape index (κ1) is 18.3. The van der Waals surface area contributed by atoms with E-state index >= 15 is 0 Å². The minimum absolute atomic E-state index is 0.0494. The third kappa shape index (κ3) is 7.06. The van der Waals surface area contributed by atoms with E-state index in [9.17, 15) is 9.59 Å². The third-order valence-electron chi connectivity index (χ3n) is 2.28. The molecule has 0 aromatic heterocycles. The molecule has 0 aliphatic carbocycles. The summed E-state index contributed by atoms with van der Waals surface area (Å²) >= 11 is 0. The second kappa shape index (κ2) is 11.2. The van der Waals surface area contributed by atoms with Crippen molar-refractivity contribution in [2.75, 3.05) is 26.2 Å². The van der Waals surface area contributed by atoms with Gasteiger partial charge in [-0.15, -0.1) is 0 Å².